The van der Waals surface area contributed by atoms with Gasteiger partial charge in [0.1, 0.15) is 6.04 Å². The van der Waals surface area contributed by atoms with E-state index in [0.29, 0.717) is 25.2 Å². The lowest BCUT2D eigenvalue weighted by Crippen LogP contribution is -2.50. The Labute approximate surface area is 186 Å². The van der Waals surface area contributed by atoms with Crippen molar-refractivity contribution < 1.29 is 19.6 Å². The second-order valence-corrected chi connectivity index (χ2v) is 6.88. The van der Waals surface area contributed by atoms with Crippen molar-refractivity contribution in [3.05, 3.63) is 70.8 Å². The van der Waals surface area contributed by atoms with E-state index in [1.165, 1.54) is 12.4 Å². The SMILES string of the molecule is CC(=O)NCCNCc1ccccc1C#Cc1ccc(C(=O)N[C@@H](CN)C(=O)NO)cc1. The van der Waals surface area contributed by atoms with Crippen LogP contribution in [-0.2, 0) is 16.1 Å². The fourth-order valence-electron chi connectivity index (χ4n) is 2.74. The number of carbonyl (C=O) groups excluding carboxylic acids is 3. The second kappa shape index (κ2) is 12.9. The molecule has 168 valence electrons. The van der Waals surface area contributed by atoms with Gasteiger partial charge in [0.15, 0.2) is 0 Å². The zero-order valence-corrected chi connectivity index (χ0v) is 17.8. The summed E-state index contributed by atoms with van der Waals surface area (Å²) in [6, 6.07) is 13.3. The molecule has 2 aromatic carbocycles. The summed E-state index contributed by atoms with van der Waals surface area (Å²) in [5.41, 5.74) is 9.88. The predicted octanol–water partition coefficient (Wildman–Crippen LogP) is -0.125. The summed E-state index contributed by atoms with van der Waals surface area (Å²) < 4.78 is 0. The van der Waals surface area contributed by atoms with Crippen molar-refractivity contribution >= 4 is 17.7 Å². The van der Waals surface area contributed by atoms with Crippen molar-refractivity contribution in [1.29, 1.82) is 0 Å². The Bertz CT molecular complexity index is 995. The molecule has 0 heterocycles. The van der Waals surface area contributed by atoms with Crippen LogP contribution in [0.5, 0.6) is 0 Å². The van der Waals surface area contributed by atoms with Crippen LogP contribution in [0.3, 0.4) is 0 Å². The number of hydrogen-bond donors (Lipinski definition) is 6. The molecule has 0 aromatic heterocycles. The molecule has 9 heteroatoms. The van der Waals surface area contributed by atoms with Crippen LogP contribution >= 0.6 is 0 Å². The first kappa shape index (κ1) is 24.6. The normalized spacial score (nSPS) is 11.0. The van der Waals surface area contributed by atoms with Crippen LogP contribution in [0.25, 0.3) is 0 Å². The Morgan fingerprint density at radius 2 is 1.75 bits per heavy atom. The average Bonchev–Trinajstić information content (AvgIpc) is 2.81. The third-order valence-corrected chi connectivity index (χ3v) is 4.46. The smallest absolute Gasteiger partial charge is 0.267 e. The zero-order chi connectivity index (χ0) is 23.3. The number of hydrogen-bond acceptors (Lipinski definition) is 6. The van der Waals surface area contributed by atoms with E-state index >= 15 is 0 Å². The maximum Gasteiger partial charge on any atom is 0.267 e. The summed E-state index contributed by atoms with van der Waals surface area (Å²) in [6.07, 6.45) is 0. The van der Waals surface area contributed by atoms with Crippen LogP contribution in [0.4, 0.5) is 0 Å². The molecule has 0 unspecified atom stereocenters. The lowest BCUT2D eigenvalue weighted by Gasteiger charge is -2.14. The molecule has 0 fully saturated rings. The highest BCUT2D eigenvalue weighted by Gasteiger charge is 2.19. The average molecular weight is 438 g/mol. The topological polar surface area (TPSA) is 146 Å². The van der Waals surface area contributed by atoms with Gasteiger partial charge in [0.05, 0.1) is 0 Å². The Kier molecular flexibility index (Phi) is 9.87. The molecule has 7 N–H and O–H groups in total. The van der Waals surface area contributed by atoms with E-state index in [-0.39, 0.29) is 12.5 Å². The second-order valence-electron chi connectivity index (χ2n) is 6.88. The molecule has 1 atom stereocenters. The summed E-state index contributed by atoms with van der Waals surface area (Å²) in [5.74, 6) is 4.89. The number of nitrogens with one attached hydrogen (secondary N) is 4. The molecule has 2 aromatic rings. The Balaban J connectivity index is 2.00. The van der Waals surface area contributed by atoms with Gasteiger partial charge in [-0.2, -0.15) is 0 Å². The number of amides is 3. The van der Waals surface area contributed by atoms with E-state index in [9.17, 15) is 14.4 Å². The molecule has 0 spiro atoms. The number of nitrogens with two attached hydrogens (primary N) is 1. The third-order valence-electron chi connectivity index (χ3n) is 4.46. The number of benzene rings is 2. The highest BCUT2D eigenvalue weighted by molar-refractivity contribution is 5.97. The fraction of sp³-hybridized carbons (Fsp3) is 0.261. The molecule has 0 aliphatic rings. The first-order valence-electron chi connectivity index (χ1n) is 10.0. The molecule has 9 nitrogen and oxygen atoms in total. The predicted molar refractivity (Wildman–Crippen MR) is 119 cm³/mol. The van der Waals surface area contributed by atoms with Crippen LogP contribution < -0.4 is 27.2 Å². The molecule has 0 aliphatic carbocycles. The van der Waals surface area contributed by atoms with Crippen molar-refractivity contribution in [2.45, 2.75) is 19.5 Å². The molecular formula is C23H27N5O4. The molecule has 2 rings (SSSR count). The quantitative estimate of drug-likeness (QED) is 0.140. The molecular weight excluding hydrogens is 410 g/mol. The number of hydroxylamine groups is 1. The third kappa shape index (κ3) is 7.85. The van der Waals surface area contributed by atoms with Crippen molar-refractivity contribution in [3.63, 3.8) is 0 Å². The maximum absolute atomic E-state index is 12.3. The van der Waals surface area contributed by atoms with Crippen LogP contribution in [0, 0.1) is 11.8 Å². The summed E-state index contributed by atoms with van der Waals surface area (Å²) in [7, 11) is 0. The molecule has 0 saturated carbocycles. The van der Waals surface area contributed by atoms with Crippen molar-refractivity contribution in [2.24, 2.45) is 5.73 Å². The van der Waals surface area contributed by atoms with Gasteiger partial charge in [-0.25, -0.2) is 5.48 Å². The van der Waals surface area contributed by atoms with Gasteiger partial charge in [-0.15, -0.1) is 0 Å². The van der Waals surface area contributed by atoms with Gasteiger partial charge in [0.2, 0.25) is 5.91 Å². The van der Waals surface area contributed by atoms with Crippen LogP contribution in [0.1, 0.15) is 34.0 Å². The highest BCUT2D eigenvalue weighted by atomic mass is 16.5. The van der Waals surface area contributed by atoms with Gasteiger partial charge < -0.3 is 21.7 Å². The van der Waals surface area contributed by atoms with Crippen LogP contribution in [0.2, 0.25) is 0 Å². The van der Waals surface area contributed by atoms with Gasteiger partial charge in [0.25, 0.3) is 11.8 Å². The highest BCUT2D eigenvalue weighted by Crippen LogP contribution is 2.08. The number of rotatable bonds is 9. The van der Waals surface area contributed by atoms with E-state index < -0.39 is 17.9 Å². The lowest BCUT2D eigenvalue weighted by atomic mass is 10.1. The Morgan fingerprint density at radius 1 is 1.03 bits per heavy atom. The van der Waals surface area contributed by atoms with E-state index in [1.54, 1.807) is 24.3 Å². The van der Waals surface area contributed by atoms with Crippen molar-refractivity contribution in [1.82, 2.24) is 21.4 Å². The molecule has 0 aliphatic heterocycles. The summed E-state index contributed by atoms with van der Waals surface area (Å²) in [5, 5.41) is 17.1. The Morgan fingerprint density at radius 3 is 2.41 bits per heavy atom. The largest absolute Gasteiger partial charge is 0.355 e. The van der Waals surface area contributed by atoms with Gasteiger partial charge in [0, 0.05) is 49.8 Å². The fourth-order valence-corrected chi connectivity index (χ4v) is 2.74. The summed E-state index contributed by atoms with van der Waals surface area (Å²) >= 11 is 0. The Hall–Kier alpha value is -3.71. The summed E-state index contributed by atoms with van der Waals surface area (Å²) in [6.45, 7) is 3.16. The monoisotopic (exact) mass is 437 g/mol. The molecule has 0 saturated heterocycles. The van der Waals surface area contributed by atoms with Gasteiger partial charge in [-0.05, 0) is 35.9 Å². The van der Waals surface area contributed by atoms with Gasteiger partial charge in [-0.1, -0.05) is 30.0 Å². The minimum Gasteiger partial charge on any atom is -0.355 e. The van der Waals surface area contributed by atoms with Crippen LogP contribution in [0.15, 0.2) is 48.5 Å². The van der Waals surface area contributed by atoms with Gasteiger partial charge >= 0.3 is 0 Å². The van der Waals surface area contributed by atoms with E-state index in [0.717, 1.165) is 16.7 Å². The molecule has 32 heavy (non-hydrogen) atoms. The first-order chi connectivity index (χ1) is 15.4. The standard InChI is InChI=1S/C23H27N5O4/c1-16(29)26-13-12-25-15-20-5-3-2-4-18(20)9-6-17-7-10-19(11-8-17)22(30)27-21(14-24)23(31)28-32/h2-5,7-8,10-11,21,25,32H,12-15,24H2,1H3,(H,26,29)(H,27,30)(H,28,31)/t21-/m0/s1. The van der Waals surface area contributed by atoms with Crippen LogP contribution in [-0.4, -0.2) is 48.6 Å². The lowest BCUT2D eigenvalue weighted by molar-refractivity contribution is -0.130. The van der Waals surface area contributed by atoms with Crippen molar-refractivity contribution in [2.75, 3.05) is 19.6 Å². The van der Waals surface area contributed by atoms with E-state index in [2.05, 4.69) is 27.8 Å². The molecule has 0 radical (unpaired) electrons. The van der Waals surface area contributed by atoms with Gasteiger partial charge in [-0.3, -0.25) is 19.6 Å². The van der Waals surface area contributed by atoms with E-state index in [4.69, 9.17) is 10.9 Å². The molecule has 3 amide bonds. The van der Waals surface area contributed by atoms with E-state index in [1.807, 2.05) is 24.3 Å². The number of carbonyl (C=O) groups is 3. The van der Waals surface area contributed by atoms with Crippen molar-refractivity contribution in [3.8, 4) is 11.8 Å². The first-order valence-corrected chi connectivity index (χ1v) is 10.0. The molecule has 0 bridgehead atoms. The zero-order valence-electron chi connectivity index (χ0n) is 17.8. The maximum atomic E-state index is 12.3. The minimum atomic E-state index is -1.03. The minimum absolute atomic E-state index is 0.0589. The summed E-state index contributed by atoms with van der Waals surface area (Å²) in [4.78, 5) is 34.6.